The first kappa shape index (κ1) is 29.7. The molecule has 3 N–H and O–H groups in total. The van der Waals surface area contributed by atoms with Crippen molar-refractivity contribution in [2.24, 2.45) is 0 Å². The van der Waals surface area contributed by atoms with E-state index in [9.17, 15) is 19.5 Å². The van der Waals surface area contributed by atoms with E-state index in [1.54, 1.807) is 42.5 Å². The number of carboxylic acid groups (broad SMARTS) is 1. The maximum atomic E-state index is 13.8. The second-order valence-electron chi connectivity index (χ2n) is 10.6. The number of benzene rings is 3. The molecular weight excluding hydrogens is 598 g/mol. The third-order valence-corrected chi connectivity index (χ3v) is 7.95. The second kappa shape index (κ2) is 12.7. The highest BCUT2D eigenvalue weighted by atomic mass is 35.5. The Morgan fingerprint density at radius 1 is 1.13 bits per heavy atom. The monoisotopic (exact) mass is 625 g/mol. The third-order valence-electron chi connectivity index (χ3n) is 7.72. The number of tetrazole rings is 1. The van der Waals surface area contributed by atoms with E-state index in [0.29, 0.717) is 45.8 Å². The lowest BCUT2D eigenvalue weighted by atomic mass is 10.1. The number of carboxylic acids is 1. The molecule has 0 aliphatic carbocycles. The lowest BCUT2D eigenvalue weighted by molar-refractivity contribution is -0.136. The van der Waals surface area contributed by atoms with Gasteiger partial charge < -0.3 is 25.0 Å². The van der Waals surface area contributed by atoms with Gasteiger partial charge in [0.05, 0.1) is 18.4 Å². The Balaban J connectivity index is 1.26. The van der Waals surface area contributed by atoms with Crippen molar-refractivity contribution in [3.63, 3.8) is 0 Å². The summed E-state index contributed by atoms with van der Waals surface area (Å²) in [6.07, 6.45) is 4.33. The van der Waals surface area contributed by atoms with Crippen molar-refractivity contribution in [3.8, 4) is 5.69 Å². The fourth-order valence-corrected chi connectivity index (χ4v) is 5.58. The largest absolute Gasteiger partial charge is 0.477 e. The molecule has 228 valence electrons. The lowest BCUT2D eigenvalue weighted by Gasteiger charge is -2.27. The van der Waals surface area contributed by atoms with Crippen molar-refractivity contribution in [2.75, 3.05) is 11.9 Å². The SMILES string of the molecule is Cc1ccccc1CO[C@@H]1CCN(C(=O)/C=C/c2cc(Cl)ccc2-n2cnnn2)[C@@H]1C(=O)Nc1ccc2[nH]c(C(=O)O)cc2c1. The van der Waals surface area contributed by atoms with Gasteiger partial charge in [-0.25, -0.2) is 4.79 Å². The van der Waals surface area contributed by atoms with Crippen LogP contribution in [0.5, 0.6) is 0 Å². The molecule has 3 heterocycles. The highest BCUT2D eigenvalue weighted by molar-refractivity contribution is 6.30. The first-order valence-corrected chi connectivity index (χ1v) is 14.5. The number of aromatic carboxylic acids is 1. The van der Waals surface area contributed by atoms with Gasteiger partial charge >= 0.3 is 5.97 Å². The average molecular weight is 626 g/mol. The Hall–Kier alpha value is -5.33. The standard InChI is InChI=1S/C32H28ClN7O5/c1-19-4-2-3-5-21(19)17-45-28-12-13-39(29(41)11-6-20-14-23(33)7-10-27(20)40-18-34-37-38-40)30(28)31(42)35-24-8-9-25-22(15-24)16-26(36-25)32(43)44/h2-11,14-16,18,28,30,36H,12-13,17H2,1H3,(H,35,42)(H,43,44)/b11-6+/t28-,30+/m1/s1. The quantitative estimate of drug-likeness (QED) is 0.200. The fourth-order valence-electron chi connectivity index (χ4n) is 5.40. The highest BCUT2D eigenvalue weighted by Crippen LogP contribution is 2.27. The molecule has 2 amide bonds. The van der Waals surface area contributed by atoms with Crippen LogP contribution in [0, 0.1) is 6.92 Å². The molecule has 5 aromatic rings. The molecule has 1 fully saturated rings. The van der Waals surface area contributed by atoms with Crippen molar-refractivity contribution in [1.29, 1.82) is 0 Å². The summed E-state index contributed by atoms with van der Waals surface area (Å²) in [6.45, 7) is 2.57. The van der Waals surface area contributed by atoms with E-state index in [-0.39, 0.29) is 18.2 Å². The number of fused-ring (bicyclic) bond motifs is 1. The van der Waals surface area contributed by atoms with E-state index in [1.165, 1.54) is 28.1 Å². The van der Waals surface area contributed by atoms with E-state index < -0.39 is 24.0 Å². The molecule has 12 nitrogen and oxygen atoms in total. The molecule has 13 heteroatoms. The first-order chi connectivity index (χ1) is 21.8. The molecule has 0 radical (unpaired) electrons. The Morgan fingerprint density at radius 3 is 2.76 bits per heavy atom. The molecule has 3 aromatic carbocycles. The number of hydrogen-bond acceptors (Lipinski definition) is 7. The number of aromatic amines is 1. The van der Waals surface area contributed by atoms with Gasteiger partial charge in [-0.1, -0.05) is 35.9 Å². The number of ether oxygens (including phenoxy) is 1. The molecule has 0 bridgehead atoms. The summed E-state index contributed by atoms with van der Waals surface area (Å²) in [7, 11) is 0. The Morgan fingerprint density at radius 2 is 1.98 bits per heavy atom. The highest BCUT2D eigenvalue weighted by Gasteiger charge is 2.42. The molecule has 6 rings (SSSR count). The van der Waals surface area contributed by atoms with Crippen LogP contribution < -0.4 is 5.32 Å². The van der Waals surface area contributed by atoms with Gasteiger partial charge in [0.25, 0.3) is 0 Å². The Labute approximate surface area is 262 Å². The molecule has 45 heavy (non-hydrogen) atoms. The summed E-state index contributed by atoms with van der Waals surface area (Å²) >= 11 is 6.24. The van der Waals surface area contributed by atoms with Gasteiger partial charge in [-0.3, -0.25) is 9.59 Å². The van der Waals surface area contributed by atoms with Crippen molar-refractivity contribution < 1.29 is 24.2 Å². The molecule has 0 saturated carbocycles. The van der Waals surface area contributed by atoms with E-state index in [1.807, 2.05) is 31.2 Å². The van der Waals surface area contributed by atoms with Crippen molar-refractivity contribution in [2.45, 2.75) is 32.1 Å². The summed E-state index contributed by atoms with van der Waals surface area (Å²) in [6, 6.07) is 18.6. The number of carbonyl (C=O) groups excluding carboxylic acids is 2. The lowest BCUT2D eigenvalue weighted by Crippen LogP contribution is -2.48. The molecule has 1 aliphatic rings. The molecule has 0 spiro atoms. The smallest absolute Gasteiger partial charge is 0.352 e. The van der Waals surface area contributed by atoms with Gasteiger partial charge in [-0.05, 0) is 83.4 Å². The molecule has 1 aliphatic heterocycles. The number of nitrogens with one attached hydrogen (secondary N) is 2. The number of anilines is 1. The topological polar surface area (TPSA) is 155 Å². The summed E-state index contributed by atoms with van der Waals surface area (Å²) in [5.41, 5.74) is 4.40. The Kier molecular flexibility index (Phi) is 8.41. The zero-order valence-electron chi connectivity index (χ0n) is 24.1. The van der Waals surface area contributed by atoms with Crippen LogP contribution in [0.1, 0.15) is 33.6 Å². The molecule has 1 saturated heterocycles. The van der Waals surface area contributed by atoms with Crippen LogP contribution in [0.25, 0.3) is 22.7 Å². The van der Waals surface area contributed by atoms with Crippen LogP contribution >= 0.6 is 11.6 Å². The Bertz CT molecular complexity index is 1920. The number of nitrogens with zero attached hydrogens (tertiary/aromatic N) is 5. The van der Waals surface area contributed by atoms with Crippen LogP contribution in [0.2, 0.25) is 5.02 Å². The fraction of sp³-hybridized carbons (Fsp3) is 0.188. The molecule has 2 atom stereocenters. The van der Waals surface area contributed by atoms with Crippen LogP contribution in [-0.4, -0.2) is 71.7 Å². The van der Waals surface area contributed by atoms with Crippen LogP contribution in [0.4, 0.5) is 5.69 Å². The third kappa shape index (κ3) is 6.47. The summed E-state index contributed by atoms with van der Waals surface area (Å²) in [4.78, 5) is 43.2. The number of likely N-dealkylation sites (tertiary alicyclic amines) is 1. The van der Waals surface area contributed by atoms with Gasteiger partial charge in [0, 0.05) is 39.8 Å². The number of amides is 2. The zero-order chi connectivity index (χ0) is 31.5. The van der Waals surface area contributed by atoms with E-state index in [0.717, 1.165) is 11.1 Å². The predicted octanol–water partition coefficient (Wildman–Crippen LogP) is 4.64. The maximum Gasteiger partial charge on any atom is 0.352 e. The number of aryl methyl sites for hydroxylation is 1. The number of carbonyl (C=O) groups is 3. The minimum atomic E-state index is -1.08. The van der Waals surface area contributed by atoms with E-state index in [4.69, 9.17) is 16.3 Å². The number of halogens is 1. The number of rotatable bonds is 9. The molecule has 0 unspecified atom stereocenters. The summed E-state index contributed by atoms with van der Waals surface area (Å²) < 4.78 is 7.74. The van der Waals surface area contributed by atoms with Gasteiger partial charge in [0.15, 0.2) is 0 Å². The normalized spacial score (nSPS) is 16.4. The van der Waals surface area contributed by atoms with Crippen molar-refractivity contribution >= 4 is 52.1 Å². The van der Waals surface area contributed by atoms with Crippen LogP contribution in [-0.2, 0) is 20.9 Å². The summed E-state index contributed by atoms with van der Waals surface area (Å²) in [5, 5.41) is 24.6. The van der Waals surface area contributed by atoms with Gasteiger partial charge in [-0.2, -0.15) is 4.68 Å². The van der Waals surface area contributed by atoms with Gasteiger partial charge in [0.2, 0.25) is 11.8 Å². The van der Waals surface area contributed by atoms with Crippen LogP contribution in [0.3, 0.4) is 0 Å². The van der Waals surface area contributed by atoms with Gasteiger partial charge in [-0.15, -0.1) is 5.10 Å². The number of aromatic nitrogens is 5. The second-order valence-corrected chi connectivity index (χ2v) is 11.0. The minimum Gasteiger partial charge on any atom is -0.477 e. The van der Waals surface area contributed by atoms with E-state index >= 15 is 0 Å². The van der Waals surface area contributed by atoms with E-state index in [2.05, 4.69) is 25.8 Å². The minimum absolute atomic E-state index is 0.0421. The van der Waals surface area contributed by atoms with Crippen molar-refractivity contribution in [1.82, 2.24) is 30.1 Å². The molecular formula is C32H28ClN7O5. The number of H-pyrrole nitrogens is 1. The molecule has 2 aromatic heterocycles. The zero-order valence-corrected chi connectivity index (χ0v) is 24.8. The first-order valence-electron chi connectivity index (χ1n) is 14.1. The number of hydrogen-bond donors (Lipinski definition) is 3. The van der Waals surface area contributed by atoms with Gasteiger partial charge in [0.1, 0.15) is 18.1 Å². The average Bonchev–Trinajstić information content (AvgIpc) is 3.79. The van der Waals surface area contributed by atoms with Crippen molar-refractivity contribution in [3.05, 3.63) is 107 Å². The predicted molar refractivity (Wildman–Crippen MR) is 167 cm³/mol. The summed E-state index contributed by atoms with van der Waals surface area (Å²) in [5.74, 6) is -1.89. The maximum absolute atomic E-state index is 13.8. The van der Waals surface area contributed by atoms with Crippen LogP contribution in [0.15, 0.2) is 79.1 Å².